The summed E-state index contributed by atoms with van der Waals surface area (Å²) in [5.41, 5.74) is 1.91. The Kier molecular flexibility index (Phi) is 3.76. The van der Waals surface area contributed by atoms with Gasteiger partial charge in [0.05, 0.1) is 11.6 Å². The monoisotopic (exact) mass is 163 g/mol. The maximum Gasteiger partial charge on any atom is 0.0991 e. The number of hydrogen-bond acceptors (Lipinski definition) is 1. The quantitative estimate of drug-likeness (QED) is 0.429. The lowest BCUT2D eigenvalue weighted by Crippen LogP contribution is -2.01. The molecule has 1 nitrogen and oxygen atoms in total. The molecule has 0 saturated heterocycles. The van der Waals surface area contributed by atoms with Gasteiger partial charge in [-0.3, -0.25) is 0 Å². The van der Waals surface area contributed by atoms with E-state index in [9.17, 15) is 0 Å². The van der Waals surface area contributed by atoms with Crippen LogP contribution in [0.15, 0.2) is 23.3 Å². The smallest absolute Gasteiger partial charge is 0.0991 e. The van der Waals surface area contributed by atoms with Crippen molar-refractivity contribution in [2.75, 3.05) is 0 Å². The van der Waals surface area contributed by atoms with Crippen LogP contribution in [-0.2, 0) is 0 Å². The second-order valence-corrected chi connectivity index (χ2v) is 4.01. The topological polar surface area (TPSA) is 23.8 Å². The van der Waals surface area contributed by atoms with Gasteiger partial charge in [0.15, 0.2) is 0 Å². The minimum absolute atomic E-state index is 0.0787. The molecule has 0 saturated carbocycles. The SMILES string of the molecule is C/C=C(C)\C(C#N)=C\C(C)(C)C. The number of rotatable bonds is 1. The maximum absolute atomic E-state index is 8.83. The lowest BCUT2D eigenvalue weighted by atomic mass is 9.92. The zero-order valence-corrected chi connectivity index (χ0v) is 8.60. The molecule has 1 heteroatoms. The molecule has 0 atom stereocenters. The van der Waals surface area contributed by atoms with Gasteiger partial charge in [-0.2, -0.15) is 5.26 Å². The van der Waals surface area contributed by atoms with Crippen LogP contribution in [-0.4, -0.2) is 0 Å². The standard InChI is InChI=1S/C11H17N/c1-6-9(2)10(8-12)7-11(3,4)5/h6-7H,1-5H3/b9-6-,10-7+. The molecule has 0 aliphatic carbocycles. The molecule has 0 radical (unpaired) electrons. The summed E-state index contributed by atoms with van der Waals surface area (Å²) in [6, 6.07) is 2.20. The molecule has 0 N–H and O–H groups in total. The highest BCUT2D eigenvalue weighted by Crippen LogP contribution is 2.20. The van der Waals surface area contributed by atoms with Crippen molar-refractivity contribution in [2.24, 2.45) is 5.41 Å². The molecular formula is C11H17N. The number of nitriles is 1. The van der Waals surface area contributed by atoms with Gasteiger partial charge in [-0.1, -0.05) is 32.9 Å². The lowest BCUT2D eigenvalue weighted by Gasteiger charge is -2.12. The fourth-order valence-electron chi connectivity index (χ4n) is 0.823. The molecule has 0 amide bonds. The van der Waals surface area contributed by atoms with E-state index in [1.165, 1.54) is 0 Å². The van der Waals surface area contributed by atoms with Gasteiger partial charge in [-0.25, -0.2) is 0 Å². The Morgan fingerprint density at radius 1 is 1.33 bits per heavy atom. The van der Waals surface area contributed by atoms with Gasteiger partial charge in [-0.05, 0) is 24.8 Å². The highest BCUT2D eigenvalue weighted by molar-refractivity contribution is 5.41. The van der Waals surface area contributed by atoms with Gasteiger partial charge >= 0.3 is 0 Å². The zero-order chi connectivity index (χ0) is 9.78. The molecule has 0 unspecified atom stereocenters. The average Bonchev–Trinajstić information content (AvgIpc) is 1.97. The Morgan fingerprint density at radius 2 is 1.83 bits per heavy atom. The predicted octanol–water partition coefficient (Wildman–Crippen LogP) is 3.45. The molecule has 0 aromatic heterocycles. The third-order valence-electron chi connectivity index (χ3n) is 1.56. The molecule has 0 aliphatic heterocycles. The summed E-state index contributed by atoms with van der Waals surface area (Å²) in [4.78, 5) is 0. The number of nitrogens with zero attached hydrogens (tertiary/aromatic N) is 1. The van der Waals surface area contributed by atoms with E-state index in [2.05, 4.69) is 26.8 Å². The largest absolute Gasteiger partial charge is 0.192 e. The fourth-order valence-corrected chi connectivity index (χ4v) is 0.823. The summed E-state index contributed by atoms with van der Waals surface area (Å²) >= 11 is 0. The van der Waals surface area contributed by atoms with Crippen LogP contribution in [0.3, 0.4) is 0 Å². The Bertz CT molecular complexity index is 243. The molecule has 0 spiro atoms. The number of hydrogen-bond donors (Lipinski definition) is 0. The van der Waals surface area contributed by atoms with Crippen molar-refractivity contribution in [2.45, 2.75) is 34.6 Å². The third kappa shape index (κ3) is 3.98. The van der Waals surface area contributed by atoms with Crippen molar-refractivity contribution in [1.29, 1.82) is 5.26 Å². The second kappa shape index (κ2) is 4.11. The highest BCUT2D eigenvalue weighted by Gasteiger charge is 2.08. The lowest BCUT2D eigenvalue weighted by molar-refractivity contribution is 0.542. The molecule has 0 aromatic carbocycles. The van der Waals surface area contributed by atoms with Crippen LogP contribution in [0.1, 0.15) is 34.6 Å². The van der Waals surface area contributed by atoms with Gasteiger partial charge in [0.1, 0.15) is 0 Å². The summed E-state index contributed by atoms with van der Waals surface area (Å²) in [6.45, 7) is 10.2. The molecule has 0 heterocycles. The Labute approximate surface area is 75.4 Å². The summed E-state index contributed by atoms with van der Waals surface area (Å²) in [5.74, 6) is 0. The van der Waals surface area contributed by atoms with E-state index in [-0.39, 0.29) is 5.41 Å². The molecular weight excluding hydrogens is 146 g/mol. The fraction of sp³-hybridized carbons (Fsp3) is 0.545. The average molecular weight is 163 g/mol. The van der Waals surface area contributed by atoms with Crippen LogP contribution in [0.4, 0.5) is 0 Å². The first-order valence-corrected chi connectivity index (χ1v) is 4.17. The van der Waals surface area contributed by atoms with Crippen molar-refractivity contribution in [1.82, 2.24) is 0 Å². The van der Waals surface area contributed by atoms with Crippen LogP contribution in [0.25, 0.3) is 0 Å². The van der Waals surface area contributed by atoms with E-state index in [0.29, 0.717) is 0 Å². The molecule has 0 bridgehead atoms. The van der Waals surface area contributed by atoms with Gasteiger partial charge in [0.2, 0.25) is 0 Å². The van der Waals surface area contributed by atoms with Gasteiger partial charge in [0, 0.05) is 0 Å². The van der Waals surface area contributed by atoms with Crippen LogP contribution < -0.4 is 0 Å². The molecule has 12 heavy (non-hydrogen) atoms. The Hall–Kier alpha value is -1.03. The Balaban J connectivity index is 4.84. The first kappa shape index (κ1) is 11.0. The Morgan fingerprint density at radius 3 is 2.08 bits per heavy atom. The van der Waals surface area contributed by atoms with Crippen molar-refractivity contribution < 1.29 is 0 Å². The van der Waals surface area contributed by atoms with E-state index in [1.807, 2.05) is 26.0 Å². The van der Waals surface area contributed by atoms with Crippen molar-refractivity contribution in [3.8, 4) is 6.07 Å². The van der Waals surface area contributed by atoms with Crippen LogP contribution in [0.5, 0.6) is 0 Å². The first-order chi connectivity index (χ1) is 5.40. The van der Waals surface area contributed by atoms with E-state index in [1.54, 1.807) is 0 Å². The molecule has 0 fully saturated rings. The molecule has 0 rings (SSSR count). The summed E-state index contributed by atoms with van der Waals surface area (Å²) in [6.07, 6.45) is 3.96. The van der Waals surface area contributed by atoms with Crippen LogP contribution in [0.2, 0.25) is 0 Å². The van der Waals surface area contributed by atoms with Crippen LogP contribution in [0, 0.1) is 16.7 Å². The summed E-state index contributed by atoms with van der Waals surface area (Å²) in [7, 11) is 0. The molecule has 0 aromatic rings. The van der Waals surface area contributed by atoms with Gasteiger partial charge < -0.3 is 0 Å². The minimum Gasteiger partial charge on any atom is -0.192 e. The molecule has 66 valence electrons. The normalized spacial score (nSPS) is 14.3. The van der Waals surface area contributed by atoms with Gasteiger partial charge in [-0.15, -0.1) is 0 Å². The minimum atomic E-state index is 0.0787. The summed E-state index contributed by atoms with van der Waals surface area (Å²) < 4.78 is 0. The predicted molar refractivity (Wildman–Crippen MR) is 52.6 cm³/mol. The summed E-state index contributed by atoms with van der Waals surface area (Å²) in [5, 5.41) is 8.83. The highest BCUT2D eigenvalue weighted by atomic mass is 14.3. The van der Waals surface area contributed by atoms with Gasteiger partial charge in [0.25, 0.3) is 0 Å². The van der Waals surface area contributed by atoms with Crippen molar-refractivity contribution in [3.05, 3.63) is 23.3 Å². The first-order valence-electron chi connectivity index (χ1n) is 4.17. The van der Waals surface area contributed by atoms with E-state index in [4.69, 9.17) is 5.26 Å². The van der Waals surface area contributed by atoms with Crippen molar-refractivity contribution >= 4 is 0 Å². The third-order valence-corrected chi connectivity index (χ3v) is 1.56. The van der Waals surface area contributed by atoms with Crippen LogP contribution >= 0.6 is 0 Å². The zero-order valence-electron chi connectivity index (χ0n) is 8.60. The van der Waals surface area contributed by atoms with E-state index < -0.39 is 0 Å². The molecule has 0 aliphatic rings. The second-order valence-electron chi connectivity index (χ2n) is 4.01. The van der Waals surface area contributed by atoms with E-state index in [0.717, 1.165) is 11.1 Å². The van der Waals surface area contributed by atoms with Crippen molar-refractivity contribution in [3.63, 3.8) is 0 Å². The number of allylic oxidation sites excluding steroid dienone is 4. The maximum atomic E-state index is 8.83. The van der Waals surface area contributed by atoms with E-state index >= 15 is 0 Å².